The van der Waals surface area contributed by atoms with Crippen molar-refractivity contribution in [1.29, 1.82) is 0 Å². The molecule has 1 saturated carbocycles. The van der Waals surface area contributed by atoms with Crippen LogP contribution in [0.15, 0.2) is 29.2 Å². The number of thioether (sulfide) groups is 1. The van der Waals surface area contributed by atoms with Crippen molar-refractivity contribution < 1.29 is 9.90 Å². The first-order valence-electron chi connectivity index (χ1n) is 5.50. The van der Waals surface area contributed by atoms with Crippen LogP contribution < -0.4 is 5.32 Å². The fraction of sp³-hybridized carbons (Fsp3) is 0.417. The molecule has 1 aromatic rings. The maximum absolute atomic E-state index is 11.6. The number of hydrogen-bond donors (Lipinski definition) is 2. The third-order valence-electron chi connectivity index (χ3n) is 2.67. The Labute approximate surface area is 110 Å². The van der Waals surface area contributed by atoms with Crippen molar-refractivity contribution in [3.05, 3.63) is 29.3 Å². The van der Waals surface area contributed by atoms with Gasteiger partial charge in [0.25, 0.3) is 0 Å². The molecule has 0 radical (unpaired) electrons. The highest BCUT2D eigenvalue weighted by molar-refractivity contribution is 8.00. The van der Waals surface area contributed by atoms with E-state index in [1.807, 2.05) is 24.3 Å². The fourth-order valence-electron chi connectivity index (χ4n) is 1.68. The molecule has 1 fully saturated rings. The molecular formula is C12H14ClNO2S. The largest absolute Gasteiger partial charge is 0.393 e. The number of rotatable bonds is 4. The molecule has 1 amide bonds. The summed E-state index contributed by atoms with van der Waals surface area (Å²) in [6.45, 7) is 0. The van der Waals surface area contributed by atoms with Crippen LogP contribution in [-0.2, 0) is 4.79 Å². The Kier molecular flexibility index (Phi) is 4.31. The smallest absolute Gasteiger partial charge is 0.230 e. The van der Waals surface area contributed by atoms with Crippen molar-refractivity contribution >= 4 is 29.3 Å². The monoisotopic (exact) mass is 271 g/mol. The van der Waals surface area contributed by atoms with Gasteiger partial charge in [0, 0.05) is 10.9 Å². The number of hydrogen-bond acceptors (Lipinski definition) is 3. The summed E-state index contributed by atoms with van der Waals surface area (Å²) in [6, 6.07) is 7.61. The minimum atomic E-state index is -0.239. The van der Waals surface area contributed by atoms with Gasteiger partial charge in [-0.15, -0.1) is 11.8 Å². The molecule has 0 heterocycles. The molecule has 2 rings (SSSR count). The van der Waals surface area contributed by atoms with Crippen LogP contribution in [0.25, 0.3) is 0 Å². The molecule has 0 unspecified atom stereocenters. The van der Waals surface area contributed by atoms with Crippen LogP contribution in [0.3, 0.4) is 0 Å². The molecule has 0 aliphatic heterocycles. The average molecular weight is 272 g/mol. The zero-order valence-electron chi connectivity index (χ0n) is 9.23. The summed E-state index contributed by atoms with van der Waals surface area (Å²) in [5.74, 6) is 0.350. The van der Waals surface area contributed by atoms with Crippen molar-refractivity contribution in [1.82, 2.24) is 5.32 Å². The molecule has 92 valence electrons. The molecule has 1 aromatic carbocycles. The van der Waals surface area contributed by atoms with Gasteiger partial charge in [0.1, 0.15) is 0 Å². The van der Waals surface area contributed by atoms with Gasteiger partial charge in [0.15, 0.2) is 0 Å². The number of nitrogens with one attached hydrogen (secondary N) is 1. The second-order valence-electron chi connectivity index (χ2n) is 4.11. The zero-order valence-corrected chi connectivity index (χ0v) is 10.8. The maximum Gasteiger partial charge on any atom is 0.230 e. The topological polar surface area (TPSA) is 49.3 Å². The molecule has 2 N–H and O–H groups in total. The van der Waals surface area contributed by atoms with Crippen LogP contribution >= 0.6 is 23.4 Å². The minimum absolute atomic E-state index is 0.00757. The number of halogens is 1. The summed E-state index contributed by atoms with van der Waals surface area (Å²) in [5.41, 5.74) is 0. The summed E-state index contributed by atoms with van der Waals surface area (Å²) in [4.78, 5) is 12.5. The molecule has 0 bridgehead atoms. The first kappa shape index (κ1) is 12.7. The number of aliphatic hydroxyl groups is 1. The van der Waals surface area contributed by atoms with Gasteiger partial charge >= 0.3 is 0 Å². The summed E-state index contributed by atoms with van der Waals surface area (Å²) in [7, 11) is 0. The van der Waals surface area contributed by atoms with Gasteiger partial charge in [-0.05, 0) is 25.0 Å². The highest BCUT2D eigenvalue weighted by Gasteiger charge is 2.28. The van der Waals surface area contributed by atoms with Crippen LogP contribution in [0.1, 0.15) is 12.8 Å². The van der Waals surface area contributed by atoms with Crippen molar-refractivity contribution in [2.24, 2.45) is 0 Å². The first-order valence-corrected chi connectivity index (χ1v) is 6.86. The summed E-state index contributed by atoms with van der Waals surface area (Å²) in [5, 5.41) is 12.6. The lowest BCUT2D eigenvalue weighted by atomic mass is 9.89. The maximum atomic E-state index is 11.6. The van der Waals surface area contributed by atoms with Crippen LogP contribution in [0.4, 0.5) is 0 Å². The van der Waals surface area contributed by atoms with Gasteiger partial charge in [-0.3, -0.25) is 4.79 Å². The molecule has 0 spiro atoms. The van der Waals surface area contributed by atoms with Gasteiger partial charge in [-0.25, -0.2) is 0 Å². The van der Waals surface area contributed by atoms with Crippen LogP contribution in [0.5, 0.6) is 0 Å². The predicted molar refractivity (Wildman–Crippen MR) is 69.3 cm³/mol. The van der Waals surface area contributed by atoms with Crippen LogP contribution in [0, 0.1) is 0 Å². The van der Waals surface area contributed by atoms with Crippen LogP contribution in [-0.4, -0.2) is 28.9 Å². The highest BCUT2D eigenvalue weighted by atomic mass is 35.5. The Morgan fingerprint density at radius 2 is 2.18 bits per heavy atom. The molecule has 3 nitrogen and oxygen atoms in total. The quantitative estimate of drug-likeness (QED) is 0.825. The SMILES string of the molecule is O=C(CSc1ccccc1Cl)NC1CC(O)C1. The van der Waals surface area contributed by atoms with E-state index in [0.717, 1.165) is 4.90 Å². The zero-order chi connectivity index (χ0) is 12.3. The average Bonchev–Trinajstić information content (AvgIpc) is 2.26. The summed E-state index contributed by atoms with van der Waals surface area (Å²) in [6.07, 6.45) is 1.10. The van der Waals surface area contributed by atoms with Crippen molar-refractivity contribution in [3.63, 3.8) is 0 Å². The Hall–Kier alpha value is -0.710. The van der Waals surface area contributed by atoms with E-state index < -0.39 is 0 Å². The Balaban J connectivity index is 1.75. The number of benzene rings is 1. The van der Waals surface area contributed by atoms with Crippen molar-refractivity contribution in [2.75, 3.05) is 5.75 Å². The molecule has 0 atom stereocenters. The summed E-state index contributed by atoms with van der Waals surface area (Å²) >= 11 is 7.41. The van der Waals surface area contributed by atoms with Crippen molar-refractivity contribution in [2.45, 2.75) is 29.9 Å². The Morgan fingerprint density at radius 3 is 2.82 bits per heavy atom. The molecule has 1 aliphatic carbocycles. The number of aliphatic hydroxyl groups excluding tert-OH is 1. The standard InChI is InChI=1S/C12H14ClNO2S/c13-10-3-1-2-4-11(10)17-7-12(16)14-8-5-9(15)6-8/h1-4,8-9,15H,5-7H2,(H,14,16). The number of carbonyl (C=O) groups excluding carboxylic acids is 1. The van der Waals surface area contributed by atoms with E-state index in [2.05, 4.69) is 5.32 Å². The van der Waals surface area contributed by atoms with E-state index in [-0.39, 0.29) is 18.1 Å². The van der Waals surface area contributed by atoms with E-state index in [0.29, 0.717) is 23.6 Å². The minimum Gasteiger partial charge on any atom is -0.393 e. The fourth-order valence-corrected chi connectivity index (χ4v) is 2.73. The second-order valence-corrected chi connectivity index (χ2v) is 5.53. The molecule has 17 heavy (non-hydrogen) atoms. The molecule has 1 aliphatic rings. The van der Waals surface area contributed by atoms with Crippen LogP contribution in [0.2, 0.25) is 5.02 Å². The predicted octanol–water partition coefficient (Wildman–Crippen LogP) is 2.07. The lowest BCUT2D eigenvalue weighted by Crippen LogP contribution is -2.47. The van der Waals surface area contributed by atoms with E-state index in [9.17, 15) is 4.79 Å². The third-order valence-corrected chi connectivity index (χ3v) is 4.19. The van der Waals surface area contributed by atoms with Gasteiger partial charge in [0.05, 0.1) is 16.9 Å². The lowest BCUT2D eigenvalue weighted by molar-refractivity contribution is -0.120. The second kappa shape index (κ2) is 5.76. The van der Waals surface area contributed by atoms with Gasteiger partial charge < -0.3 is 10.4 Å². The highest BCUT2D eigenvalue weighted by Crippen LogP contribution is 2.26. The Bertz CT molecular complexity index is 407. The molecule has 0 saturated heterocycles. The van der Waals surface area contributed by atoms with E-state index >= 15 is 0 Å². The van der Waals surface area contributed by atoms with Gasteiger partial charge in [0.2, 0.25) is 5.91 Å². The van der Waals surface area contributed by atoms with E-state index in [1.165, 1.54) is 11.8 Å². The normalized spacial score (nSPS) is 22.9. The van der Waals surface area contributed by atoms with E-state index in [4.69, 9.17) is 16.7 Å². The lowest BCUT2D eigenvalue weighted by Gasteiger charge is -2.31. The first-order chi connectivity index (χ1) is 8.15. The molecule has 5 heteroatoms. The van der Waals surface area contributed by atoms with Gasteiger partial charge in [-0.1, -0.05) is 23.7 Å². The number of amides is 1. The molecule has 0 aromatic heterocycles. The number of carbonyl (C=O) groups is 1. The van der Waals surface area contributed by atoms with E-state index in [1.54, 1.807) is 0 Å². The van der Waals surface area contributed by atoms with Gasteiger partial charge in [-0.2, -0.15) is 0 Å². The molecular weight excluding hydrogens is 258 g/mol. The summed E-state index contributed by atoms with van der Waals surface area (Å²) < 4.78 is 0. The Morgan fingerprint density at radius 1 is 1.47 bits per heavy atom. The third kappa shape index (κ3) is 3.63. The van der Waals surface area contributed by atoms with Crippen molar-refractivity contribution in [3.8, 4) is 0 Å².